The molecule has 0 saturated heterocycles. The highest BCUT2D eigenvalue weighted by atomic mass is 35.5. The highest BCUT2D eigenvalue weighted by Gasteiger charge is 2.36. The predicted octanol–water partition coefficient (Wildman–Crippen LogP) is 5.25. The maximum absolute atomic E-state index is 13.3. The van der Waals surface area contributed by atoms with Gasteiger partial charge in [-0.2, -0.15) is 11.8 Å². The number of halogens is 1. The second kappa shape index (κ2) is 10.1. The molecule has 0 aliphatic carbocycles. The monoisotopic (exact) mass is 466 g/mol. The quantitative estimate of drug-likeness (QED) is 0.493. The van der Waals surface area contributed by atoms with E-state index in [1.807, 2.05) is 42.5 Å². The molecule has 164 valence electrons. The largest absolute Gasteiger partial charge is 0.495 e. The average molecular weight is 467 g/mol. The van der Waals surface area contributed by atoms with Gasteiger partial charge in [-0.3, -0.25) is 9.59 Å². The van der Waals surface area contributed by atoms with E-state index in [1.165, 1.54) is 12.7 Å². The maximum atomic E-state index is 13.3. The summed E-state index contributed by atoms with van der Waals surface area (Å²) in [5.41, 5.74) is 3.33. The Morgan fingerprint density at radius 2 is 1.88 bits per heavy atom. The molecule has 0 aromatic heterocycles. The first-order chi connectivity index (χ1) is 15.6. The SMILES string of the molecule is COc1ccc(NC(=O)[C@H](CSCc2ccccc2)N2Cc3ccccc3C2=O)cc1Cl. The molecule has 5 nitrogen and oxygen atoms in total. The number of methoxy groups -OCH3 is 1. The molecule has 7 heteroatoms. The van der Waals surface area contributed by atoms with E-state index in [9.17, 15) is 9.59 Å². The van der Waals surface area contributed by atoms with Crippen molar-refractivity contribution in [2.24, 2.45) is 0 Å². The molecule has 0 radical (unpaired) electrons. The second-order valence-electron chi connectivity index (χ2n) is 7.45. The van der Waals surface area contributed by atoms with E-state index < -0.39 is 6.04 Å². The van der Waals surface area contributed by atoms with Gasteiger partial charge in [0.15, 0.2) is 0 Å². The Bertz CT molecular complexity index is 1120. The van der Waals surface area contributed by atoms with Crippen LogP contribution >= 0.6 is 23.4 Å². The summed E-state index contributed by atoms with van der Waals surface area (Å²) in [5, 5.41) is 3.33. The summed E-state index contributed by atoms with van der Waals surface area (Å²) < 4.78 is 5.18. The van der Waals surface area contributed by atoms with Crippen molar-refractivity contribution in [3.63, 3.8) is 0 Å². The highest BCUT2D eigenvalue weighted by molar-refractivity contribution is 7.98. The predicted molar refractivity (Wildman–Crippen MR) is 129 cm³/mol. The summed E-state index contributed by atoms with van der Waals surface area (Å²) in [6.45, 7) is 0.419. The Kier molecular flexibility index (Phi) is 7.02. The maximum Gasteiger partial charge on any atom is 0.255 e. The van der Waals surface area contributed by atoms with Crippen molar-refractivity contribution >= 4 is 40.9 Å². The molecular formula is C25H23ClN2O3S. The molecule has 2 amide bonds. The fourth-order valence-electron chi connectivity index (χ4n) is 3.67. The Hall–Kier alpha value is -2.96. The molecule has 3 aromatic carbocycles. The molecule has 3 aromatic rings. The topological polar surface area (TPSA) is 58.6 Å². The van der Waals surface area contributed by atoms with Crippen LogP contribution in [-0.4, -0.2) is 35.6 Å². The smallest absolute Gasteiger partial charge is 0.255 e. The van der Waals surface area contributed by atoms with Crippen LogP contribution in [0.25, 0.3) is 0 Å². The molecule has 1 atom stereocenters. The number of anilines is 1. The van der Waals surface area contributed by atoms with Crippen molar-refractivity contribution in [2.45, 2.75) is 18.3 Å². The second-order valence-corrected chi connectivity index (χ2v) is 8.88. The minimum Gasteiger partial charge on any atom is -0.495 e. The van der Waals surface area contributed by atoms with E-state index in [4.69, 9.17) is 16.3 Å². The van der Waals surface area contributed by atoms with Crippen LogP contribution < -0.4 is 10.1 Å². The number of hydrogen-bond donors (Lipinski definition) is 1. The van der Waals surface area contributed by atoms with Gasteiger partial charge in [0, 0.05) is 29.3 Å². The fourth-order valence-corrected chi connectivity index (χ4v) is 5.03. The normalized spacial score (nSPS) is 13.6. The summed E-state index contributed by atoms with van der Waals surface area (Å²) in [4.78, 5) is 28.0. The Balaban J connectivity index is 1.52. The number of benzene rings is 3. The van der Waals surface area contributed by atoms with Crippen molar-refractivity contribution < 1.29 is 14.3 Å². The molecule has 1 N–H and O–H groups in total. The number of rotatable bonds is 8. The van der Waals surface area contributed by atoms with Gasteiger partial charge in [0.1, 0.15) is 11.8 Å². The van der Waals surface area contributed by atoms with Crippen LogP contribution in [0.4, 0.5) is 5.69 Å². The van der Waals surface area contributed by atoms with Crippen molar-refractivity contribution in [3.8, 4) is 5.75 Å². The number of ether oxygens (including phenoxy) is 1. The van der Waals surface area contributed by atoms with E-state index in [1.54, 1.807) is 34.9 Å². The van der Waals surface area contributed by atoms with Gasteiger partial charge in [0.05, 0.1) is 12.1 Å². The van der Waals surface area contributed by atoms with Crippen LogP contribution in [0, 0.1) is 0 Å². The van der Waals surface area contributed by atoms with Crippen LogP contribution in [0.1, 0.15) is 21.5 Å². The summed E-state index contributed by atoms with van der Waals surface area (Å²) in [5.74, 6) is 1.41. The van der Waals surface area contributed by atoms with Gasteiger partial charge in [-0.05, 0) is 35.4 Å². The number of amides is 2. The van der Waals surface area contributed by atoms with Crippen molar-refractivity contribution in [2.75, 3.05) is 18.2 Å². The van der Waals surface area contributed by atoms with E-state index in [-0.39, 0.29) is 11.8 Å². The van der Waals surface area contributed by atoms with E-state index in [2.05, 4.69) is 17.4 Å². The fraction of sp³-hybridized carbons (Fsp3) is 0.200. The standard InChI is InChI=1S/C25H23ClN2O3S/c1-31-23-12-11-19(13-21(23)26)27-24(29)22(16-32-15-17-7-3-2-4-8-17)28-14-18-9-5-6-10-20(18)25(28)30/h2-13,22H,14-16H2,1H3,(H,27,29)/t22-/m0/s1. The van der Waals surface area contributed by atoms with Gasteiger partial charge in [0.25, 0.3) is 5.91 Å². The zero-order chi connectivity index (χ0) is 22.5. The molecule has 32 heavy (non-hydrogen) atoms. The first-order valence-corrected chi connectivity index (χ1v) is 11.7. The van der Waals surface area contributed by atoms with Crippen molar-refractivity contribution in [3.05, 3.63) is 94.5 Å². The van der Waals surface area contributed by atoms with Crippen molar-refractivity contribution in [1.29, 1.82) is 0 Å². The zero-order valence-corrected chi connectivity index (χ0v) is 19.2. The van der Waals surface area contributed by atoms with Crippen LogP contribution in [0.5, 0.6) is 5.75 Å². The summed E-state index contributed by atoms with van der Waals surface area (Å²) in [6, 6.07) is 22.0. The number of carbonyl (C=O) groups is 2. The van der Waals surface area contributed by atoms with Crippen LogP contribution in [0.3, 0.4) is 0 Å². The van der Waals surface area contributed by atoms with E-state index in [0.29, 0.717) is 34.3 Å². The molecule has 0 bridgehead atoms. The molecule has 0 saturated carbocycles. The lowest BCUT2D eigenvalue weighted by Gasteiger charge is -2.27. The molecule has 1 heterocycles. The lowest BCUT2D eigenvalue weighted by Crippen LogP contribution is -2.46. The third-order valence-corrected chi connectivity index (χ3v) is 6.72. The number of fused-ring (bicyclic) bond motifs is 1. The summed E-state index contributed by atoms with van der Waals surface area (Å²) in [7, 11) is 1.54. The van der Waals surface area contributed by atoms with Crippen molar-refractivity contribution in [1.82, 2.24) is 4.90 Å². The number of nitrogens with one attached hydrogen (secondary N) is 1. The minimum atomic E-state index is -0.621. The molecule has 1 aliphatic rings. The third-order valence-electron chi connectivity index (χ3n) is 5.33. The van der Waals surface area contributed by atoms with Gasteiger partial charge < -0.3 is 15.0 Å². The number of hydrogen-bond acceptors (Lipinski definition) is 4. The van der Waals surface area contributed by atoms with Gasteiger partial charge >= 0.3 is 0 Å². The first-order valence-electron chi connectivity index (χ1n) is 10.2. The minimum absolute atomic E-state index is 0.117. The Morgan fingerprint density at radius 1 is 1.12 bits per heavy atom. The third kappa shape index (κ3) is 4.92. The number of nitrogens with zero attached hydrogens (tertiary/aromatic N) is 1. The Labute approximate surface area is 196 Å². The lowest BCUT2D eigenvalue weighted by molar-refractivity contribution is -0.119. The van der Waals surface area contributed by atoms with Gasteiger partial charge in [-0.25, -0.2) is 0 Å². The van der Waals surface area contributed by atoms with Gasteiger partial charge in [-0.15, -0.1) is 0 Å². The summed E-state index contributed by atoms with van der Waals surface area (Å²) >= 11 is 7.84. The summed E-state index contributed by atoms with van der Waals surface area (Å²) in [6.07, 6.45) is 0. The van der Waals surface area contributed by atoms with Gasteiger partial charge in [-0.1, -0.05) is 60.1 Å². The molecule has 1 aliphatic heterocycles. The van der Waals surface area contributed by atoms with Crippen LogP contribution in [0.2, 0.25) is 5.02 Å². The lowest BCUT2D eigenvalue weighted by atomic mass is 10.1. The highest BCUT2D eigenvalue weighted by Crippen LogP contribution is 2.29. The molecule has 0 unspecified atom stereocenters. The van der Waals surface area contributed by atoms with E-state index >= 15 is 0 Å². The average Bonchev–Trinajstić information content (AvgIpc) is 3.14. The molecule has 4 rings (SSSR count). The zero-order valence-electron chi connectivity index (χ0n) is 17.6. The number of carbonyl (C=O) groups excluding carboxylic acids is 2. The molecule has 0 fully saturated rings. The molecule has 0 spiro atoms. The van der Waals surface area contributed by atoms with Gasteiger partial charge in [0.2, 0.25) is 5.91 Å². The number of thioether (sulfide) groups is 1. The first kappa shape index (κ1) is 22.2. The Morgan fingerprint density at radius 3 is 2.59 bits per heavy atom. The molecular weight excluding hydrogens is 444 g/mol. The van der Waals surface area contributed by atoms with E-state index in [0.717, 1.165) is 11.3 Å². The van der Waals surface area contributed by atoms with Crippen LogP contribution in [-0.2, 0) is 17.1 Å². The van der Waals surface area contributed by atoms with Crippen LogP contribution in [0.15, 0.2) is 72.8 Å².